The molecule has 2 heterocycles. The third-order valence-electron chi connectivity index (χ3n) is 3.82. The van der Waals surface area contributed by atoms with E-state index < -0.39 is 0 Å². The highest BCUT2D eigenvalue weighted by atomic mass is 79.9. The number of piperidine rings is 1. The van der Waals surface area contributed by atoms with E-state index in [-0.39, 0.29) is 5.56 Å². The largest absolute Gasteiger partial charge is 0.380 e. The van der Waals surface area contributed by atoms with Crippen molar-refractivity contribution in [2.75, 3.05) is 46.1 Å². The third kappa shape index (κ3) is 4.52. The van der Waals surface area contributed by atoms with Crippen LogP contribution in [0.25, 0.3) is 0 Å². The maximum atomic E-state index is 12.3. The summed E-state index contributed by atoms with van der Waals surface area (Å²) < 4.78 is 2.08. The summed E-state index contributed by atoms with van der Waals surface area (Å²) in [6, 6.07) is 0.413. The van der Waals surface area contributed by atoms with Crippen molar-refractivity contribution in [1.82, 2.24) is 19.6 Å². The zero-order valence-electron chi connectivity index (χ0n) is 13.0. The third-order valence-corrected chi connectivity index (χ3v) is 4.59. The molecule has 0 unspecified atom stereocenters. The van der Waals surface area contributed by atoms with Crippen LogP contribution in [-0.4, -0.2) is 66.4 Å². The Kier molecular flexibility index (Phi) is 5.78. The Hall–Kier alpha value is -0.920. The lowest BCUT2D eigenvalue weighted by molar-refractivity contribution is 0.264. The number of hydrogen-bond donors (Lipinski definition) is 1. The van der Waals surface area contributed by atoms with Gasteiger partial charge in [0.2, 0.25) is 0 Å². The van der Waals surface area contributed by atoms with E-state index in [4.69, 9.17) is 0 Å². The molecule has 0 spiro atoms. The molecule has 6 nitrogen and oxygen atoms in total. The molecule has 1 aromatic heterocycles. The molecular formula is C14H24BrN5O. The van der Waals surface area contributed by atoms with E-state index in [9.17, 15) is 4.79 Å². The highest BCUT2D eigenvalue weighted by Crippen LogP contribution is 2.20. The molecule has 0 aliphatic carbocycles. The Morgan fingerprint density at radius 3 is 2.71 bits per heavy atom. The van der Waals surface area contributed by atoms with Crippen LogP contribution < -0.4 is 10.9 Å². The summed E-state index contributed by atoms with van der Waals surface area (Å²) in [5, 5.41) is 7.71. The first kappa shape index (κ1) is 16.5. The van der Waals surface area contributed by atoms with Gasteiger partial charge in [0, 0.05) is 12.6 Å². The Morgan fingerprint density at radius 1 is 1.43 bits per heavy atom. The molecule has 1 aromatic rings. The fourth-order valence-corrected chi connectivity index (χ4v) is 2.81. The van der Waals surface area contributed by atoms with Gasteiger partial charge in [0.05, 0.1) is 18.4 Å². The fraction of sp³-hybridized carbons (Fsp3) is 0.714. The monoisotopic (exact) mass is 357 g/mol. The first-order valence-electron chi connectivity index (χ1n) is 7.33. The highest BCUT2D eigenvalue weighted by molar-refractivity contribution is 9.10. The predicted molar refractivity (Wildman–Crippen MR) is 88.9 cm³/mol. The van der Waals surface area contributed by atoms with Crippen molar-refractivity contribution < 1.29 is 0 Å². The number of hydrogen-bond acceptors (Lipinski definition) is 5. The van der Waals surface area contributed by atoms with Crippen LogP contribution >= 0.6 is 15.9 Å². The van der Waals surface area contributed by atoms with Crippen molar-refractivity contribution in [1.29, 1.82) is 0 Å². The zero-order chi connectivity index (χ0) is 15.4. The van der Waals surface area contributed by atoms with E-state index in [2.05, 4.69) is 38.3 Å². The Morgan fingerprint density at radius 2 is 2.10 bits per heavy atom. The van der Waals surface area contributed by atoms with Crippen LogP contribution in [0.4, 0.5) is 5.69 Å². The van der Waals surface area contributed by atoms with Gasteiger partial charge in [-0.3, -0.25) is 4.79 Å². The normalized spacial score (nSPS) is 17.4. The molecule has 1 fully saturated rings. The fourth-order valence-electron chi connectivity index (χ4n) is 2.39. The number of nitrogens with one attached hydrogen (secondary N) is 1. The first-order chi connectivity index (χ1) is 9.97. The van der Waals surface area contributed by atoms with E-state index >= 15 is 0 Å². The maximum Gasteiger partial charge on any atom is 0.283 e. The van der Waals surface area contributed by atoms with Crippen molar-refractivity contribution in [3.63, 3.8) is 0 Å². The van der Waals surface area contributed by atoms with Gasteiger partial charge in [-0.25, -0.2) is 4.68 Å². The van der Waals surface area contributed by atoms with E-state index in [0.29, 0.717) is 17.1 Å². The molecule has 1 N–H and O–H groups in total. The second-order valence-corrected chi connectivity index (χ2v) is 6.72. The van der Waals surface area contributed by atoms with Gasteiger partial charge in [0.15, 0.2) is 0 Å². The summed E-state index contributed by atoms with van der Waals surface area (Å²) >= 11 is 3.42. The molecule has 0 amide bonds. The summed E-state index contributed by atoms with van der Waals surface area (Å²) in [4.78, 5) is 16.6. The standard InChI is InChI=1S/C14H24BrN5O/c1-18(2)8-9-20-14(21)13(15)12(10-16-20)17-11-4-6-19(3)7-5-11/h10-11,17H,4-9H2,1-3H3. The molecule has 1 saturated heterocycles. The van der Waals surface area contributed by atoms with Crippen LogP contribution in [0, 0.1) is 0 Å². The van der Waals surface area contributed by atoms with E-state index in [1.54, 1.807) is 6.20 Å². The number of likely N-dealkylation sites (tertiary alicyclic amines) is 1. The molecule has 0 bridgehead atoms. The molecule has 1 aliphatic heterocycles. The zero-order valence-corrected chi connectivity index (χ0v) is 14.6. The molecule has 21 heavy (non-hydrogen) atoms. The van der Waals surface area contributed by atoms with Crippen molar-refractivity contribution in [2.45, 2.75) is 25.4 Å². The second-order valence-electron chi connectivity index (χ2n) is 5.93. The Bertz CT molecular complexity index is 523. The van der Waals surface area contributed by atoms with Gasteiger partial charge in [-0.2, -0.15) is 5.10 Å². The average molecular weight is 358 g/mol. The predicted octanol–water partition coefficient (Wildman–Crippen LogP) is 1.07. The summed E-state index contributed by atoms with van der Waals surface area (Å²) in [7, 11) is 6.10. The summed E-state index contributed by atoms with van der Waals surface area (Å²) in [5.74, 6) is 0. The number of aromatic nitrogens is 2. The maximum absolute atomic E-state index is 12.3. The van der Waals surface area contributed by atoms with Crippen LogP contribution in [0.2, 0.25) is 0 Å². The summed E-state index contributed by atoms with van der Waals surface area (Å²) in [5.41, 5.74) is 0.727. The number of rotatable bonds is 5. The smallest absolute Gasteiger partial charge is 0.283 e. The Labute approximate surface area is 134 Å². The molecule has 0 radical (unpaired) electrons. The second kappa shape index (κ2) is 7.38. The van der Waals surface area contributed by atoms with Gasteiger partial charge < -0.3 is 15.1 Å². The van der Waals surface area contributed by atoms with Gasteiger partial charge in [0.25, 0.3) is 5.56 Å². The molecule has 2 rings (SSSR count). The van der Waals surface area contributed by atoms with E-state index in [1.165, 1.54) is 4.68 Å². The van der Waals surface area contributed by atoms with Crippen molar-refractivity contribution >= 4 is 21.6 Å². The van der Waals surface area contributed by atoms with Crippen LogP contribution in [-0.2, 0) is 6.54 Å². The lowest BCUT2D eigenvalue weighted by atomic mass is 10.1. The molecule has 0 saturated carbocycles. The summed E-state index contributed by atoms with van der Waals surface area (Å²) in [6.45, 7) is 3.56. The quantitative estimate of drug-likeness (QED) is 0.854. The van der Waals surface area contributed by atoms with Crippen LogP contribution in [0.5, 0.6) is 0 Å². The van der Waals surface area contributed by atoms with Gasteiger partial charge >= 0.3 is 0 Å². The average Bonchev–Trinajstić information content (AvgIpc) is 2.45. The van der Waals surface area contributed by atoms with Crippen LogP contribution in [0.15, 0.2) is 15.5 Å². The molecule has 1 aliphatic rings. The lowest BCUT2D eigenvalue weighted by Crippen LogP contribution is -2.37. The molecule has 118 valence electrons. The van der Waals surface area contributed by atoms with Crippen molar-refractivity contribution in [2.24, 2.45) is 0 Å². The van der Waals surface area contributed by atoms with Crippen molar-refractivity contribution in [3.05, 3.63) is 21.0 Å². The number of likely N-dealkylation sites (N-methyl/N-ethyl adjacent to an activating group) is 1. The van der Waals surface area contributed by atoms with Gasteiger partial charge in [-0.15, -0.1) is 0 Å². The minimum absolute atomic E-state index is 0.0743. The number of nitrogens with zero attached hydrogens (tertiary/aromatic N) is 4. The molecular weight excluding hydrogens is 334 g/mol. The summed E-state index contributed by atoms with van der Waals surface area (Å²) in [6.07, 6.45) is 3.93. The molecule has 0 atom stereocenters. The first-order valence-corrected chi connectivity index (χ1v) is 8.12. The number of anilines is 1. The van der Waals surface area contributed by atoms with Crippen LogP contribution in [0.3, 0.4) is 0 Å². The van der Waals surface area contributed by atoms with Crippen LogP contribution in [0.1, 0.15) is 12.8 Å². The minimum Gasteiger partial charge on any atom is -0.380 e. The van der Waals surface area contributed by atoms with E-state index in [1.807, 2.05) is 19.0 Å². The lowest BCUT2D eigenvalue weighted by Gasteiger charge is -2.30. The van der Waals surface area contributed by atoms with Gasteiger partial charge in [-0.05, 0) is 63.0 Å². The topological polar surface area (TPSA) is 53.4 Å². The van der Waals surface area contributed by atoms with Crippen molar-refractivity contribution in [3.8, 4) is 0 Å². The SMILES string of the molecule is CN(C)CCn1ncc(NC2CCN(C)CC2)c(Br)c1=O. The molecule has 7 heteroatoms. The van der Waals surface area contributed by atoms with Gasteiger partial charge in [-0.1, -0.05) is 0 Å². The Balaban J connectivity index is 2.04. The number of halogens is 1. The van der Waals surface area contributed by atoms with Gasteiger partial charge in [0.1, 0.15) is 4.47 Å². The minimum atomic E-state index is -0.0743. The highest BCUT2D eigenvalue weighted by Gasteiger charge is 2.18. The molecule has 0 aromatic carbocycles. The van der Waals surface area contributed by atoms with E-state index in [0.717, 1.165) is 38.2 Å².